The van der Waals surface area contributed by atoms with Crippen LogP contribution in [0, 0.1) is 10.1 Å². The molecule has 1 aliphatic heterocycles. The predicted molar refractivity (Wildman–Crippen MR) is 113 cm³/mol. The minimum absolute atomic E-state index is 0.0768. The lowest BCUT2D eigenvalue weighted by Gasteiger charge is -2.25. The highest BCUT2D eigenvalue weighted by Gasteiger charge is 2.25. The molecule has 0 unspecified atom stereocenters. The van der Waals surface area contributed by atoms with E-state index in [0.29, 0.717) is 18.7 Å². The molecule has 1 saturated heterocycles. The molecule has 0 saturated carbocycles. The SMILES string of the molecule is O=C(/C=C/c1ccccc1[N+](=O)[O-])NCc1ccc(S(=O)(=O)N2CCCCC2)cc1. The molecule has 8 nitrogen and oxygen atoms in total. The number of carbonyl (C=O) groups is 1. The molecule has 2 aromatic rings. The van der Waals surface area contributed by atoms with Crippen LogP contribution in [-0.2, 0) is 21.4 Å². The number of hydrogen-bond donors (Lipinski definition) is 1. The summed E-state index contributed by atoms with van der Waals surface area (Å²) in [6.45, 7) is 1.31. The Balaban J connectivity index is 1.59. The van der Waals surface area contributed by atoms with Crippen LogP contribution < -0.4 is 5.32 Å². The van der Waals surface area contributed by atoms with Crippen molar-refractivity contribution in [3.8, 4) is 0 Å². The Labute approximate surface area is 175 Å². The number of piperidine rings is 1. The maximum absolute atomic E-state index is 12.7. The summed E-state index contributed by atoms with van der Waals surface area (Å²) in [5, 5.41) is 13.7. The molecule has 30 heavy (non-hydrogen) atoms. The number of nitro groups is 1. The summed E-state index contributed by atoms with van der Waals surface area (Å²) in [4.78, 5) is 22.8. The molecule has 2 aromatic carbocycles. The smallest absolute Gasteiger partial charge is 0.276 e. The summed E-state index contributed by atoms with van der Waals surface area (Å²) in [7, 11) is -3.48. The van der Waals surface area contributed by atoms with E-state index in [-0.39, 0.29) is 17.1 Å². The van der Waals surface area contributed by atoms with Gasteiger partial charge in [-0.25, -0.2) is 8.42 Å². The van der Waals surface area contributed by atoms with Gasteiger partial charge in [-0.05, 0) is 42.7 Å². The summed E-state index contributed by atoms with van der Waals surface area (Å²) in [5.41, 5.74) is 1.01. The first kappa shape index (κ1) is 21.7. The normalized spacial score (nSPS) is 15.2. The van der Waals surface area contributed by atoms with Gasteiger partial charge in [-0.15, -0.1) is 0 Å². The predicted octanol–water partition coefficient (Wildman–Crippen LogP) is 3.10. The Bertz CT molecular complexity index is 1040. The molecule has 0 spiro atoms. The van der Waals surface area contributed by atoms with Crippen molar-refractivity contribution in [3.05, 3.63) is 75.8 Å². The molecule has 9 heteroatoms. The zero-order chi connectivity index (χ0) is 21.6. The Kier molecular flexibility index (Phi) is 6.96. The lowest BCUT2D eigenvalue weighted by Crippen LogP contribution is -2.35. The fraction of sp³-hybridized carbons (Fsp3) is 0.286. The van der Waals surface area contributed by atoms with Crippen molar-refractivity contribution in [1.29, 1.82) is 0 Å². The molecule has 0 bridgehead atoms. The van der Waals surface area contributed by atoms with Crippen molar-refractivity contribution in [1.82, 2.24) is 9.62 Å². The molecular formula is C21H23N3O5S. The first-order valence-corrected chi connectivity index (χ1v) is 11.1. The van der Waals surface area contributed by atoms with Crippen molar-refractivity contribution in [2.45, 2.75) is 30.7 Å². The number of benzene rings is 2. The van der Waals surface area contributed by atoms with E-state index >= 15 is 0 Å². The maximum Gasteiger partial charge on any atom is 0.276 e. The number of hydrogen-bond acceptors (Lipinski definition) is 5. The fourth-order valence-electron chi connectivity index (χ4n) is 3.24. The van der Waals surface area contributed by atoms with Crippen LogP contribution in [0.25, 0.3) is 6.08 Å². The van der Waals surface area contributed by atoms with Gasteiger partial charge in [0.25, 0.3) is 5.69 Å². The molecule has 158 valence electrons. The van der Waals surface area contributed by atoms with Crippen molar-refractivity contribution >= 4 is 27.7 Å². The van der Waals surface area contributed by atoms with Crippen molar-refractivity contribution in [2.75, 3.05) is 13.1 Å². The van der Waals surface area contributed by atoms with Crippen LogP contribution in [-0.4, -0.2) is 36.6 Å². The number of sulfonamides is 1. The van der Waals surface area contributed by atoms with E-state index in [4.69, 9.17) is 0 Å². The number of carbonyl (C=O) groups excluding carboxylic acids is 1. The quantitative estimate of drug-likeness (QED) is 0.413. The molecule has 1 amide bonds. The highest BCUT2D eigenvalue weighted by molar-refractivity contribution is 7.89. The van der Waals surface area contributed by atoms with E-state index in [2.05, 4.69) is 5.32 Å². The number of rotatable bonds is 7. The zero-order valence-electron chi connectivity index (χ0n) is 16.4. The van der Waals surface area contributed by atoms with Gasteiger partial charge >= 0.3 is 0 Å². The third-order valence-corrected chi connectivity index (χ3v) is 6.80. The third kappa shape index (κ3) is 5.31. The van der Waals surface area contributed by atoms with Crippen LogP contribution in [0.1, 0.15) is 30.4 Å². The van der Waals surface area contributed by atoms with Gasteiger partial charge in [-0.1, -0.05) is 30.7 Å². The van der Waals surface area contributed by atoms with Crippen LogP contribution in [0.3, 0.4) is 0 Å². The van der Waals surface area contributed by atoms with Gasteiger partial charge in [0.2, 0.25) is 15.9 Å². The van der Waals surface area contributed by atoms with Crippen molar-refractivity contribution in [2.24, 2.45) is 0 Å². The fourth-order valence-corrected chi connectivity index (χ4v) is 4.76. The van der Waals surface area contributed by atoms with Crippen LogP contribution in [0.2, 0.25) is 0 Å². The molecule has 1 N–H and O–H groups in total. The summed E-state index contributed by atoms with van der Waals surface area (Å²) < 4.78 is 26.8. The monoisotopic (exact) mass is 429 g/mol. The Morgan fingerprint density at radius 3 is 2.40 bits per heavy atom. The van der Waals surface area contributed by atoms with Crippen LogP contribution >= 0.6 is 0 Å². The molecule has 1 aliphatic rings. The van der Waals surface area contributed by atoms with Crippen molar-refractivity contribution < 1.29 is 18.1 Å². The summed E-state index contributed by atoms with van der Waals surface area (Å²) >= 11 is 0. The number of nitrogens with zero attached hydrogens (tertiary/aromatic N) is 2. The lowest BCUT2D eigenvalue weighted by molar-refractivity contribution is -0.385. The van der Waals surface area contributed by atoms with Gasteiger partial charge < -0.3 is 5.32 Å². The molecular weight excluding hydrogens is 406 g/mol. The summed E-state index contributed by atoms with van der Waals surface area (Å²) in [5.74, 6) is -0.404. The molecule has 0 aromatic heterocycles. The molecule has 0 aliphatic carbocycles. The first-order chi connectivity index (χ1) is 14.4. The van der Waals surface area contributed by atoms with Crippen LogP contribution in [0.15, 0.2) is 59.5 Å². The minimum Gasteiger partial charge on any atom is -0.348 e. The average Bonchev–Trinajstić information content (AvgIpc) is 2.77. The molecule has 3 rings (SSSR count). The maximum atomic E-state index is 12.7. The summed E-state index contributed by atoms with van der Waals surface area (Å²) in [6.07, 6.45) is 5.43. The van der Waals surface area contributed by atoms with Crippen LogP contribution in [0.5, 0.6) is 0 Å². The zero-order valence-corrected chi connectivity index (χ0v) is 17.2. The van der Waals surface area contributed by atoms with Gasteiger partial charge in [0.1, 0.15) is 0 Å². The van der Waals surface area contributed by atoms with Gasteiger partial charge in [0.15, 0.2) is 0 Å². The second-order valence-electron chi connectivity index (χ2n) is 6.98. The van der Waals surface area contributed by atoms with E-state index in [0.717, 1.165) is 24.8 Å². The summed E-state index contributed by atoms with van der Waals surface area (Å²) in [6, 6.07) is 12.6. The molecule has 1 fully saturated rings. The first-order valence-electron chi connectivity index (χ1n) is 9.66. The molecule has 1 heterocycles. The number of amides is 1. The second-order valence-corrected chi connectivity index (χ2v) is 8.91. The Morgan fingerprint density at radius 1 is 1.07 bits per heavy atom. The molecule has 0 atom stereocenters. The van der Waals surface area contributed by atoms with Crippen molar-refractivity contribution in [3.63, 3.8) is 0 Å². The van der Waals surface area contributed by atoms with E-state index in [1.165, 1.54) is 22.5 Å². The van der Waals surface area contributed by atoms with E-state index < -0.39 is 20.9 Å². The average molecular weight is 429 g/mol. The van der Waals surface area contributed by atoms with E-state index in [1.54, 1.807) is 42.5 Å². The lowest BCUT2D eigenvalue weighted by atomic mass is 10.1. The van der Waals surface area contributed by atoms with Gasteiger partial charge in [-0.2, -0.15) is 4.31 Å². The number of nitrogens with one attached hydrogen (secondary N) is 1. The standard InChI is InChI=1S/C21H23N3O5S/c25-21(13-10-18-6-2-3-7-20(18)24(26)27)22-16-17-8-11-19(12-9-17)30(28,29)23-14-4-1-5-15-23/h2-3,6-13H,1,4-5,14-16H2,(H,22,25)/b13-10+. The highest BCUT2D eigenvalue weighted by Crippen LogP contribution is 2.21. The third-order valence-electron chi connectivity index (χ3n) is 4.89. The number of nitro benzene ring substituents is 1. The Morgan fingerprint density at radius 2 is 1.73 bits per heavy atom. The van der Waals surface area contributed by atoms with E-state index in [9.17, 15) is 23.3 Å². The van der Waals surface area contributed by atoms with Gasteiger partial charge in [0.05, 0.1) is 15.4 Å². The van der Waals surface area contributed by atoms with Gasteiger partial charge in [-0.3, -0.25) is 14.9 Å². The highest BCUT2D eigenvalue weighted by atomic mass is 32.2. The second kappa shape index (κ2) is 9.64. The van der Waals surface area contributed by atoms with E-state index in [1.807, 2.05) is 0 Å². The topological polar surface area (TPSA) is 110 Å². The largest absolute Gasteiger partial charge is 0.348 e. The van der Waals surface area contributed by atoms with Gasteiger partial charge in [0, 0.05) is 31.8 Å². The van der Waals surface area contributed by atoms with Crippen LogP contribution in [0.4, 0.5) is 5.69 Å². The Hall–Kier alpha value is -3.04. The molecule has 0 radical (unpaired) electrons. The minimum atomic E-state index is -3.48. The number of para-hydroxylation sites is 1.